The van der Waals surface area contributed by atoms with Gasteiger partial charge in [0.25, 0.3) is 0 Å². The minimum Gasteiger partial charge on any atom is -1.00 e. The fourth-order valence-corrected chi connectivity index (χ4v) is 2.13. The van der Waals surface area contributed by atoms with Crippen molar-refractivity contribution in [2.24, 2.45) is 0 Å². The molecule has 1 unspecified atom stereocenters. The maximum atomic E-state index is 9.94. The average molecular weight is 374 g/mol. The first kappa shape index (κ1) is 21.3. The maximum absolute atomic E-state index is 9.94. The minimum absolute atomic E-state index is 0. The minimum atomic E-state index is -0.637. The summed E-state index contributed by atoms with van der Waals surface area (Å²) in [6.45, 7) is 1.79. The monoisotopic (exact) mass is 373 g/mol. The van der Waals surface area contributed by atoms with E-state index in [1.165, 1.54) is 0 Å². The van der Waals surface area contributed by atoms with Crippen molar-refractivity contribution in [2.75, 3.05) is 26.3 Å². The Morgan fingerprint density at radius 1 is 1.00 bits per heavy atom. The van der Waals surface area contributed by atoms with Gasteiger partial charge in [0.1, 0.15) is 50.0 Å². The maximum Gasteiger partial charge on any atom is 0.137 e. The number of benzene rings is 2. The molecule has 0 aliphatic heterocycles. The molecule has 1 atom stereocenters. The zero-order valence-corrected chi connectivity index (χ0v) is 14.9. The predicted molar refractivity (Wildman–Crippen MR) is 91.0 cm³/mol. The molecule has 7 heteroatoms. The lowest BCUT2D eigenvalue weighted by Crippen LogP contribution is -3.00. The third kappa shape index (κ3) is 7.00. The Labute approximate surface area is 159 Å². The van der Waals surface area contributed by atoms with Gasteiger partial charge in [0.05, 0.1) is 17.2 Å². The highest BCUT2D eigenvalue weighted by molar-refractivity contribution is 5.42. The van der Waals surface area contributed by atoms with E-state index >= 15 is 0 Å². The van der Waals surface area contributed by atoms with Crippen molar-refractivity contribution in [3.63, 3.8) is 0 Å². The number of nitrogens with zero attached hydrogens (tertiary/aromatic N) is 2. The largest absolute Gasteiger partial charge is 1.00 e. The molecule has 0 saturated heterocycles. The third-order valence-corrected chi connectivity index (χ3v) is 3.45. The van der Waals surface area contributed by atoms with Gasteiger partial charge in [-0.15, -0.1) is 0 Å². The van der Waals surface area contributed by atoms with Crippen LogP contribution in [0.5, 0.6) is 11.5 Å². The summed E-state index contributed by atoms with van der Waals surface area (Å²) in [7, 11) is 0. The van der Waals surface area contributed by atoms with E-state index in [4.69, 9.17) is 20.0 Å². The van der Waals surface area contributed by atoms with Gasteiger partial charge in [0, 0.05) is 0 Å². The van der Waals surface area contributed by atoms with Crippen LogP contribution in [-0.4, -0.2) is 37.5 Å². The van der Waals surface area contributed by atoms with Crippen LogP contribution >= 0.6 is 0 Å². The lowest BCUT2D eigenvalue weighted by Gasteiger charge is -2.12. The molecule has 0 amide bonds. The number of hydrogen-bond donors (Lipinski definition) is 2. The van der Waals surface area contributed by atoms with E-state index in [0.717, 1.165) is 0 Å². The summed E-state index contributed by atoms with van der Waals surface area (Å²) >= 11 is 0. The van der Waals surface area contributed by atoms with Crippen molar-refractivity contribution in [3.8, 4) is 23.6 Å². The lowest BCUT2D eigenvalue weighted by atomic mass is 10.2. The zero-order chi connectivity index (χ0) is 17.9. The first-order valence-electron chi connectivity index (χ1n) is 7.97. The van der Waals surface area contributed by atoms with Crippen LogP contribution < -0.4 is 27.2 Å². The number of nitrogens with two attached hydrogens (primary N) is 1. The summed E-state index contributed by atoms with van der Waals surface area (Å²) < 4.78 is 11.0. The highest BCUT2D eigenvalue weighted by Crippen LogP contribution is 2.16. The molecule has 0 aliphatic carbocycles. The zero-order valence-electron chi connectivity index (χ0n) is 14.1. The normalized spacial score (nSPS) is 10.7. The molecule has 2 aromatic rings. The molecule has 0 bridgehead atoms. The van der Waals surface area contributed by atoms with Crippen LogP contribution in [0.1, 0.15) is 11.1 Å². The van der Waals surface area contributed by atoms with Crippen LogP contribution in [0.3, 0.4) is 0 Å². The van der Waals surface area contributed by atoms with E-state index < -0.39 is 6.10 Å². The summed E-state index contributed by atoms with van der Waals surface area (Å²) in [6.07, 6.45) is -0.637. The number of quaternary nitrogens is 1. The van der Waals surface area contributed by atoms with Crippen molar-refractivity contribution in [3.05, 3.63) is 59.7 Å². The van der Waals surface area contributed by atoms with Gasteiger partial charge in [0.2, 0.25) is 0 Å². The van der Waals surface area contributed by atoms with Gasteiger partial charge >= 0.3 is 0 Å². The SMILES string of the molecule is N#Cc1ccc(OCC[NH2+]CC(O)COc2ccccc2C#N)cc1.[Cl-]. The first-order valence-corrected chi connectivity index (χ1v) is 7.97. The van der Waals surface area contributed by atoms with Crippen molar-refractivity contribution in [2.45, 2.75) is 6.10 Å². The summed E-state index contributed by atoms with van der Waals surface area (Å²) in [6, 6.07) is 18.0. The van der Waals surface area contributed by atoms with Crippen LogP contribution in [0.15, 0.2) is 48.5 Å². The standard InChI is InChI=1S/C19H19N3O3.ClH/c20-11-15-5-7-18(8-6-15)24-10-9-22-13-17(23)14-25-19-4-2-1-3-16(19)12-21;/h1-8,17,22-23H,9-10,13-14H2;1H. The molecule has 2 rings (SSSR count). The van der Waals surface area contributed by atoms with Gasteiger partial charge < -0.3 is 32.3 Å². The Hall–Kier alpha value is -2.77. The second-order valence-corrected chi connectivity index (χ2v) is 5.37. The number of halogens is 1. The molecule has 2 aromatic carbocycles. The summed E-state index contributed by atoms with van der Waals surface area (Å²) in [5, 5.41) is 29.6. The molecule has 6 nitrogen and oxygen atoms in total. The van der Waals surface area contributed by atoms with Crippen molar-refractivity contribution < 1.29 is 32.3 Å². The Kier molecular flexibility index (Phi) is 9.59. The van der Waals surface area contributed by atoms with Gasteiger partial charge in [-0.3, -0.25) is 0 Å². The van der Waals surface area contributed by atoms with E-state index in [0.29, 0.717) is 42.3 Å². The molecular weight excluding hydrogens is 354 g/mol. The van der Waals surface area contributed by atoms with E-state index in [2.05, 4.69) is 12.1 Å². The number of hydrogen-bond acceptors (Lipinski definition) is 5. The summed E-state index contributed by atoms with van der Waals surface area (Å²) in [4.78, 5) is 0. The Bertz CT molecular complexity index is 754. The van der Waals surface area contributed by atoms with Crippen LogP contribution in [0, 0.1) is 22.7 Å². The van der Waals surface area contributed by atoms with Crippen LogP contribution in [-0.2, 0) is 0 Å². The Morgan fingerprint density at radius 3 is 2.42 bits per heavy atom. The predicted octanol–water partition coefficient (Wildman–Crippen LogP) is -2.18. The molecule has 0 fully saturated rings. The summed E-state index contributed by atoms with van der Waals surface area (Å²) in [5.74, 6) is 1.19. The van der Waals surface area contributed by atoms with E-state index in [1.807, 2.05) is 5.32 Å². The molecule has 136 valence electrons. The molecule has 0 saturated carbocycles. The average Bonchev–Trinajstić information content (AvgIpc) is 2.66. The van der Waals surface area contributed by atoms with E-state index in [9.17, 15) is 5.11 Å². The summed E-state index contributed by atoms with van der Waals surface area (Å²) in [5.41, 5.74) is 1.05. The molecular formula is C19H20ClN3O3. The van der Waals surface area contributed by atoms with E-state index in [-0.39, 0.29) is 19.0 Å². The lowest BCUT2D eigenvalue weighted by molar-refractivity contribution is -0.661. The number of nitriles is 2. The topological polar surface area (TPSA) is 103 Å². The van der Waals surface area contributed by atoms with Gasteiger partial charge in [-0.1, -0.05) is 12.1 Å². The van der Waals surface area contributed by atoms with Crippen molar-refractivity contribution in [1.29, 1.82) is 10.5 Å². The molecule has 3 N–H and O–H groups in total. The number of para-hydroxylation sites is 1. The molecule has 0 radical (unpaired) electrons. The molecule has 0 aliphatic rings. The van der Waals surface area contributed by atoms with Crippen molar-refractivity contribution in [1.82, 2.24) is 0 Å². The Morgan fingerprint density at radius 2 is 1.73 bits per heavy atom. The van der Waals surface area contributed by atoms with Crippen LogP contribution in [0.2, 0.25) is 0 Å². The number of aliphatic hydroxyl groups is 1. The van der Waals surface area contributed by atoms with Gasteiger partial charge in [0.15, 0.2) is 0 Å². The number of rotatable bonds is 9. The van der Waals surface area contributed by atoms with Crippen molar-refractivity contribution >= 4 is 0 Å². The van der Waals surface area contributed by atoms with Gasteiger partial charge in [-0.05, 0) is 36.4 Å². The Balaban J connectivity index is 0.00000338. The number of aliphatic hydroxyl groups excluding tert-OH is 1. The molecule has 0 aromatic heterocycles. The second kappa shape index (κ2) is 11.7. The highest BCUT2D eigenvalue weighted by atomic mass is 35.5. The van der Waals surface area contributed by atoms with Crippen LogP contribution in [0.25, 0.3) is 0 Å². The smallest absolute Gasteiger partial charge is 0.137 e. The second-order valence-electron chi connectivity index (χ2n) is 5.37. The van der Waals surface area contributed by atoms with Gasteiger partial charge in [-0.25, -0.2) is 0 Å². The first-order chi connectivity index (χ1) is 12.2. The van der Waals surface area contributed by atoms with Gasteiger partial charge in [-0.2, -0.15) is 10.5 Å². The fraction of sp³-hybridized carbons (Fsp3) is 0.263. The fourth-order valence-electron chi connectivity index (χ4n) is 2.13. The molecule has 0 spiro atoms. The third-order valence-electron chi connectivity index (χ3n) is 3.45. The number of ether oxygens (including phenoxy) is 2. The quantitative estimate of drug-likeness (QED) is 0.486. The molecule has 0 heterocycles. The molecule has 26 heavy (non-hydrogen) atoms. The van der Waals surface area contributed by atoms with Crippen LogP contribution in [0.4, 0.5) is 0 Å². The highest BCUT2D eigenvalue weighted by Gasteiger charge is 2.09. The van der Waals surface area contributed by atoms with E-state index in [1.54, 1.807) is 48.5 Å².